The van der Waals surface area contributed by atoms with Crippen molar-refractivity contribution in [1.29, 1.82) is 0 Å². The Morgan fingerprint density at radius 2 is 1.39 bits per heavy atom. The first kappa shape index (κ1) is 43.4. The zero-order valence-electron chi connectivity index (χ0n) is 30.6. The second-order valence-electron chi connectivity index (χ2n) is 14.2. The molecule has 0 amide bonds. The molecule has 1 fully saturated rings. The van der Waals surface area contributed by atoms with E-state index in [0.29, 0.717) is 24.2 Å². The maximum absolute atomic E-state index is 13.9. The van der Waals surface area contributed by atoms with Gasteiger partial charge in [-0.2, -0.15) is 39.5 Å². The van der Waals surface area contributed by atoms with Gasteiger partial charge < -0.3 is 15.7 Å². The van der Waals surface area contributed by atoms with E-state index >= 15 is 0 Å². The van der Waals surface area contributed by atoms with Gasteiger partial charge in [0.2, 0.25) is 15.8 Å². The molecule has 0 saturated heterocycles. The third kappa shape index (κ3) is 10.8. The molecule has 0 spiro atoms. The van der Waals surface area contributed by atoms with Crippen LogP contribution in [0.1, 0.15) is 97.0 Å². The molecule has 0 aliphatic heterocycles. The van der Waals surface area contributed by atoms with E-state index in [0.717, 1.165) is 44.0 Å². The van der Waals surface area contributed by atoms with Crippen LogP contribution in [0.2, 0.25) is 0 Å². The molecule has 4 aromatic rings. The Labute approximate surface area is 322 Å². The zero-order chi connectivity index (χ0) is 41.9. The molecular weight excluding hydrogens is 792 g/mol. The molecule has 5 rings (SSSR count). The van der Waals surface area contributed by atoms with E-state index in [2.05, 4.69) is 20.6 Å². The predicted octanol–water partition coefficient (Wildman–Crippen LogP) is 10.1. The number of sulfone groups is 1. The summed E-state index contributed by atoms with van der Waals surface area (Å²) in [5, 5.41) is 15.2. The van der Waals surface area contributed by atoms with Crippen molar-refractivity contribution in [2.24, 2.45) is 11.8 Å². The molecule has 1 aliphatic rings. The summed E-state index contributed by atoms with van der Waals surface area (Å²) < 4.78 is 152. The Balaban J connectivity index is 1.49. The maximum Gasteiger partial charge on any atom is 0.416 e. The molecule has 57 heavy (non-hydrogen) atoms. The predicted molar refractivity (Wildman–Crippen MR) is 191 cm³/mol. The third-order valence-electron chi connectivity index (χ3n) is 10.2. The van der Waals surface area contributed by atoms with Crippen LogP contribution in [0.4, 0.5) is 45.5 Å². The van der Waals surface area contributed by atoms with Gasteiger partial charge in [0.15, 0.2) is 0 Å². The summed E-state index contributed by atoms with van der Waals surface area (Å²) in [7, 11) is -4.50. The lowest BCUT2D eigenvalue weighted by Crippen LogP contribution is -2.29. The number of anilines is 1. The fraction of sp³-hybridized carbons (Fsp3) is 0.410. The number of hydrogen-bond donors (Lipinski definition) is 3. The van der Waals surface area contributed by atoms with Gasteiger partial charge in [-0.25, -0.2) is 18.4 Å². The molecule has 1 heterocycles. The average Bonchev–Trinajstić information content (AvgIpc) is 3.15. The molecule has 1 aromatic heterocycles. The molecule has 3 N–H and O–H groups in total. The minimum Gasteiger partial charge on any atom is -0.481 e. The van der Waals surface area contributed by atoms with Crippen LogP contribution in [-0.4, -0.2) is 36.0 Å². The number of nitrogens with one attached hydrogen (secondary N) is 2. The molecular formula is C39H39F9N4O4S. The van der Waals surface area contributed by atoms with Crippen LogP contribution < -0.4 is 10.6 Å². The number of carboxylic acids is 1. The number of aromatic nitrogens is 2. The van der Waals surface area contributed by atoms with E-state index in [9.17, 15) is 52.7 Å². The van der Waals surface area contributed by atoms with Gasteiger partial charge in [-0.3, -0.25) is 4.79 Å². The SMILES string of the molecule is CC(NCC1CCC(CC(=O)O)CC1)c1ccc(C(F)(F)F)cc1CNc1ncc(S(=O)(=O)c2ccccc2)c([C@@H](C)c2cc(C(F)(F)F)cc(C(F)(F)F)c2)n1. The highest BCUT2D eigenvalue weighted by molar-refractivity contribution is 7.91. The number of aliphatic carboxylic acids is 1. The van der Waals surface area contributed by atoms with E-state index < -0.39 is 79.1 Å². The summed E-state index contributed by atoms with van der Waals surface area (Å²) in [6, 6.07) is 10.4. The number of carbonyl (C=O) groups is 1. The van der Waals surface area contributed by atoms with E-state index in [1.807, 2.05) is 0 Å². The van der Waals surface area contributed by atoms with E-state index in [4.69, 9.17) is 5.11 Å². The minimum absolute atomic E-state index is 0.0553. The highest BCUT2D eigenvalue weighted by atomic mass is 32.2. The lowest BCUT2D eigenvalue weighted by molar-refractivity contribution is -0.143. The largest absolute Gasteiger partial charge is 0.481 e. The quantitative estimate of drug-likeness (QED) is 0.114. The van der Waals surface area contributed by atoms with Crippen LogP contribution in [0.15, 0.2) is 82.7 Å². The van der Waals surface area contributed by atoms with Gasteiger partial charge >= 0.3 is 24.5 Å². The Morgan fingerprint density at radius 1 is 0.807 bits per heavy atom. The molecule has 0 bridgehead atoms. The van der Waals surface area contributed by atoms with Crippen molar-refractivity contribution in [2.75, 3.05) is 11.9 Å². The van der Waals surface area contributed by atoms with Crippen molar-refractivity contribution in [1.82, 2.24) is 15.3 Å². The number of nitrogens with zero attached hydrogens (tertiary/aromatic N) is 2. The Hall–Kier alpha value is -4.71. The minimum atomic E-state index is -5.19. The number of halogens is 9. The number of benzene rings is 3. The highest BCUT2D eigenvalue weighted by Crippen LogP contribution is 2.40. The number of rotatable bonds is 13. The number of hydrogen-bond acceptors (Lipinski definition) is 7. The van der Waals surface area contributed by atoms with Crippen molar-refractivity contribution in [3.63, 3.8) is 0 Å². The van der Waals surface area contributed by atoms with Gasteiger partial charge in [0.05, 0.1) is 33.5 Å². The van der Waals surface area contributed by atoms with E-state index in [1.54, 1.807) is 6.92 Å². The van der Waals surface area contributed by atoms with Crippen LogP contribution in [-0.2, 0) is 39.7 Å². The molecule has 308 valence electrons. The third-order valence-corrected chi connectivity index (χ3v) is 11.9. The van der Waals surface area contributed by atoms with Crippen molar-refractivity contribution >= 4 is 21.8 Å². The topological polar surface area (TPSA) is 121 Å². The Kier molecular flexibility index (Phi) is 13.0. The van der Waals surface area contributed by atoms with Crippen LogP contribution in [0.3, 0.4) is 0 Å². The van der Waals surface area contributed by atoms with E-state index in [1.165, 1.54) is 43.3 Å². The fourth-order valence-electron chi connectivity index (χ4n) is 6.97. The molecule has 2 atom stereocenters. The van der Waals surface area contributed by atoms with Crippen LogP contribution in [0.5, 0.6) is 0 Å². The van der Waals surface area contributed by atoms with Gasteiger partial charge in [-0.05, 0) is 110 Å². The summed E-state index contributed by atoms with van der Waals surface area (Å²) in [5.41, 5.74) is -4.59. The summed E-state index contributed by atoms with van der Waals surface area (Å²) in [4.78, 5) is 18.6. The average molecular weight is 831 g/mol. The van der Waals surface area contributed by atoms with Crippen molar-refractivity contribution in [2.45, 2.75) is 92.8 Å². The molecule has 8 nitrogen and oxygen atoms in total. The van der Waals surface area contributed by atoms with Gasteiger partial charge in [0, 0.05) is 24.9 Å². The number of alkyl halides is 9. The summed E-state index contributed by atoms with van der Waals surface area (Å²) in [6.07, 6.45) is -11.1. The van der Waals surface area contributed by atoms with Crippen LogP contribution in [0.25, 0.3) is 0 Å². The van der Waals surface area contributed by atoms with Crippen molar-refractivity contribution in [3.8, 4) is 0 Å². The number of carboxylic acid groups (broad SMARTS) is 1. The highest BCUT2D eigenvalue weighted by Gasteiger charge is 2.38. The van der Waals surface area contributed by atoms with Crippen LogP contribution in [0, 0.1) is 11.8 Å². The van der Waals surface area contributed by atoms with Crippen molar-refractivity contribution in [3.05, 3.63) is 112 Å². The van der Waals surface area contributed by atoms with Gasteiger partial charge in [0.25, 0.3) is 0 Å². The second-order valence-corrected chi connectivity index (χ2v) is 16.1. The van der Waals surface area contributed by atoms with E-state index in [-0.39, 0.29) is 47.3 Å². The Bertz CT molecular complexity index is 2120. The zero-order valence-corrected chi connectivity index (χ0v) is 31.4. The monoisotopic (exact) mass is 830 g/mol. The van der Waals surface area contributed by atoms with Gasteiger partial charge in [0.1, 0.15) is 4.90 Å². The molecule has 1 saturated carbocycles. The first-order chi connectivity index (χ1) is 26.5. The smallest absolute Gasteiger partial charge is 0.416 e. The first-order valence-corrected chi connectivity index (χ1v) is 19.4. The molecule has 1 aliphatic carbocycles. The molecule has 3 aromatic carbocycles. The lowest BCUT2D eigenvalue weighted by atomic mass is 9.80. The summed E-state index contributed by atoms with van der Waals surface area (Å²) >= 11 is 0. The fourth-order valence-corrected chi connectivity index (χ4v) is 8.43. The van der Waals surface area contributed by atoms with Gasteiger partial charge in [-0.1, -0.05) is 31.2 Å². The Morgan fingerprint density at radius 3 is 1.95 bits per heavy atom. The lowest BCUT2D eigenvalue weighted by Gasteiger charge is -2.29. The summed E-state index contributed by atoms with van der Waals surface area (Å²) in [6.45, 7) is 3.11. The van der Waals surface area contributed by atoms with Crippen LogP contribution >= 0.6 is 0 Å². The standard InChI is InChI=1S/C39H39F9N4O4S/c1-22(26-15-29(38(43,44)45)18-30(16-26)39(46,47)48)35-33(57(55,56)31-6-4-3-5-7-31)21-51-36(52-35)50-20-27-17-28(37(40,41)42)12-13-32(27)23(2)49-19-25-10-8-24(9-11-25)14-34(53)54/h3-7,12-13,15-18,21-25,49H,8-11,14,19-20H2,1-2H3,(H,53,54)(H,50,51,52)/t22-,23?,24?,25?/m0/s1. The molecule has 1 unspecified atom stereocenters. The molecule has 18 heteroatoms. The van der Waals surface area contributed by atoms with Crippen molar-refractivity contribution < 1.29 is 57.8 Å². The normalized spacial score (nSPS) is 17.9. The molecule has 0 radical (unpaired) electrons. The summed E-state index contributed by atoms with van der Waals surface area (Å²) in [5.74, 6) is -2.40. The maximum atomic E-state index is 13.9. The second kappa shape index (κ2) is 17.0. The first-order valence-electron chi connectivity index (χ1n) is 17.9. The van der Waals surface area contributed by atoms with Gasteiger partial charge in [-0.15, -0.1) is 0 Å².